The number of methoxy groups -OCH3 is 2. The largest absolute Gasteiger partial charge is 0.493 e. The van der Waals surface area contributed by atoms with Crippen LogP contribution in [0.4, 0.5) is 0 Å². The highest BCUT2D eigenvalue weighted by molar-refractivity contribution is 6.34. The van der Waals surface area contributed by atoms with Crippen molar-refractivity contribution in [1.29, 1.82) is 0 Å². The number of H-pyrrole nitrogens is 1. The van der Waals surface area contributed by atoms with E-state index >= 15 is 0 Å². The second-order valence-electron chi connectivity index (χ2n) is 6.42. The first-order valence-electron chi connectivity index (χ1n) is 12.2. The number of esters is 2. The summed E-state index contributed by atoms with van der Waals surface area (Å²) in [4.78, 5) is 47.7. The maximum absolute atomic E-state index is 11.6. The number of ether oxygens (including phenoxy) is 4. The first-order chi connectivity index (χ1) is 18.5. The summed E-state index contributed by atoms with van der Waals surface area (Å²) in [5, 5.41) is 0.730. The molecule has 176 valence electrons. The van der Waals surface area contributed by atoms with Crippen LogP contribution in [0.2, 0.25) is 5.15 Å². The number of fused-ring (bicyclic) bond motifs is 2. The van der Waals surface area contributed by atoms with Crippen molar-refractivity contribution >= 4 is 45.3 Å². The van der Waals surface area contributed by atoms with Crippen molar-refractivity contribution < 1.29 is 36.8 Å². The maximum Gasteiger partial charge on any atom is 0.308 e. The van der Waals surface area contributed by atoms with E-state index in [2.05, 4.69) is 19.9 Å². The van der Waals surface area contributed by atoms with Crippen LogP contribution in [0.15, 0.2) is 41.7 Å². The van der Waals surface area contributed by atoms with E-state index in [9.17, 15) is 14.4 Å². The fourth-order valence-corrected chi connectivity index (χ4v) is 2.93. The number of aromatic amines is 1. The maximum atomic E-state index is 11.6. The Labute approximate surface area is 206 Å². The third-order valence-corrected chi connectivity index (χ3v) is 4.39. The van der Waals surface area contributed by atoms with Gasteiger partial charge in [-0.25, -0.2) is 15.0 Å². The van der Waals surface area contributed by atoms with Gasteiger partial charge in [-0.1, -0.05) is 11.6 Å². The van der Waals surface area contributed by atoms with Crippen LogP contribution in [-0.4, -0.2) is 46.0 Å². The Bertz CT molecular complexity index is 1640. The molecule has 4 aromatic rings. The minimum Gasteiger partial charge on any atom is -0.493 e. The summed E-state index contributed by atoms with van der Waals surface area (Å²) in [6, 6.07) is 5.13. The average molecular weight is 493 g/mol. The van der Waals surface area contributed by atoms with Crippen molar-refractivity contribution in [2.45, 2.75) is 13.8 Å². The van der Waals surface area contributed by atoms with Gasteiger partial charge in [0, 0.05) is 31.4 Å². The molecule has 0 atom stereocenters. The fourth-order valence-electron chi connectivity index (χ4n) is 2.74. The summed E-state index contributed by atoms with van der Waals surface area (Å²) in [5.41, 5.74) is 0.160. The molecule has 0 saturated heterocycles. The third kappa shape index (κ3) is 5.56. The molecule has 0 aliphatic rings. The van der Waals surface area contributed by atoms with E-state index < -0.39 is 31.6 Å². The molecule has 0 spiro atoms. The third-order valence-electron chi connectivity index (χ3n) is 4.09. The van der Waals surface area contributed by atoms with E-state index in [0.29, 0.717) is 10.9 Å². The number of benzene rings is 2. The van der Waals surface area contributed by atoms with Crippen LogP contribution in [0.1, 0.15) is 22.1 Å². The van der Waals surface area contributed by atoms with Gasteiger partial charge in [0.05, 0.1) is 45.0 Å². The topological polar surface area (TPSA) is 143 Å². The molecule has 0 unspecified atom stereocenters. The van der Waals surface area contributed by atoms with Crippen molar-refractivity contribution in [3.63, 3.8) is 0 Å². The van der Waals surface area contributed by atoms with Crippen LogP contribution in [-0.2, 0) is 9.59 Å². The highest BCUT2D eigenvalue weighted by Gasteiger charge is 2.12. The summed E-state index contributed by atoms with van der Waals surface area (Å²) in [6.45, 7) is 2.34. The molecule has 0 bridgehead atoms. The Morgan fingerprint density at radius 3 is 1.97 bits per heavy atom. The summed E-state index contributed by atoms with van der Waals surface area (Å²) < 4.78 is 61.9. The summed E-state index contributed by atoms with van der Waals surface area (Å²) in [6.07, 6.45) is 2.41. The lowest BCUT2D eigenvalue weighted by molar-refractivity contribution is -0.132. The Morgan fingerprint density at radius 1 is 0.853 bits per heavy atom. The van der Waals surface area contributed by atoms with E-state index in [0.717, 1.165) is 6.92 Å². The molecule has 0 saturated carbocycles. The number of aromatic nitrogens is 4. The van der Waals surface area contributed by atoms with E-state index in [1.54, 1.807) is 0 Å². The van der Waals surface area contributed by atoms with Gasteiger partial charge < -0.3 is 23.9 Å². The number of hydrogen-bond acceptors (Lipinski definition) is 10. The quantitative estimate of drug-likeness (QED) is 0.256. The number of carbonyl (C=O) groups excluding carboxylic acids is 2. The van der Waals surface area contributed by atoms with Crippen LogP contribution in [0.5, 0.6) is 23.0 Å². The zero-order valence-corrected chi connectivity index (χ0v) is 18.3. The molecule has 1 N–H and O–H groups in total. The summed E-state index contributed by atoms with van der Waals surface area (Å²) in [7, 11) is -5.40. The lowest BCUT2D eigenvalue weighted by Gasteiger charge is -2.09. The number of rotatable bonds is 4. The van der Waals surface area contributed by atoms with Gasteiger partial charge in [-0.15, -0.1) is 0 Å². The van der Waals surface area contributed by atoms with Gasteiger partial charge in [-0.05, 0) is 12.1 Å². The fraction of sp³-hybridized carbons (Fsp3) is 0.182. The lowest BCUT2D eigenvalue weighted by Crippen LogP contribution is -2.08. The molecule has 0 amide bonds. The monoisotopic (exact) mass is 492 g/mol. The molecular weight excluding hydrogens is 468 g/mol. The standard InChI is InChI=1S/C11H9ClN2O3.C11H10N2O4/c1-6(15)17-10-3-7-8(4-9(10)16-2)13-5-14-11(7)12;1-6(14)17-10-3-7-8(4-9(10)16-2)12-5-13-11(7)15/h3-5H,1-2H3;3-5H,1-2H3,(H,12,13,15)/i2*2D3. The minimum absolute atomic E-state index is 0.0576. The van der Waals surface area contributed by atoms with Crippen LogP contribution in [0, 0.1) is 0 Å². The molecule has 0 radical (unpaired) electrons. The molecule has 2 heterocycles. The summed E-state index contributed by atoms with van der Waals surface area (Å²) >= 11 is 5.91. The molecular formula is C22H19ClN4O7. The van der Waals surface area contributed by atoms with Crippen molar-refractivity contribution in [2.24, 2.45) is 0 Å². The van der Waals surface area contributed by atoms with Gasteiger partial charge in [0.25, 0.3) is 5.56 Å². The number of halogens is 1. The first kappa shape index (κ1) is 17.3. The first-order valence-corrected chi connectivity index (χ1v) is 9.61. The van der Waals surface area contributed by atoms with E-state index in [4.69, 9.17) is 38.8 Å². The predicted molar refractivity (Wildman–Crippen MR) is 123 cm³/mol. The minimum atomic E-state index is -2.72. The van der Waals surface area contributed by atoms with Gasteiger partial charge in [-0.3, -0.25) is 14.4 Å². The molecule has 34 heavy (non-hydrogen) atoms. The second kappa shape index (κ2) is 10.6. The molecule has 0 fully saturated rings. The van der Waals surface area contributed by atoms with Crippen molar-refractivity contribution in [3.8, 4) is 23.0 Å². The number of nitrogens with one attached hydrogen (secondary N) is 1. The Kier molecular flexibility index (Phi) is 5.37. The molecule has 0 aliphatic heterocycles. The number of carbonyl (C=O) groups is 2. The molecule has 0 aliphatic carbocycles. The van der Waals surface area contributed by atoms with Crippen molar-refractivity contribution in [1.82, 2.24) is 19.9 Å². The van der Waals surface area contributed by atoms with Gasteiger partial charge in [0.1, 0.15) is 11.5 Å². The van der Waals surface area contributed by atoms with E-state index in [1.165, 1.54) is 43.8 Å². The zero-order chi connectivity index (χ0) is 29.8. The lowest BCUT2D eigenvalue weighted by atomic mass is 10.2. The molecule has 2 aromatic carbocycles. The Morgan fingerprint density at radius 2 is 1.41 bits per heavy atom. The van der Waals surface area contributed by atoms with E-state index in [-0.39, 0.29) is 39.1 Å². The number of hydrogen-bond donors (Lipinski definition) is 1. The Balaban J connectivity index is 0.000000220. The van der Waals surface area contributed by atoms with Crippen LogP contribution >= 0.6 is 11.6 Å². The van der Waals surface area contributed by atoms with Crippen molar-refractivity contribution in [2.75, 3.05) is 14.1 Å². The zero-order valence-electron chi connectivity index (χ0n) is 23.5. The smallest absolute Gasteiger partial charge is 0.308 e. The molecule has 2 aromatic heterocycles. The average Bonchev–Trinajstić information content (AvgIpc) is 2.79. The van der Waals surface area contributed by atoms with Gasteiger partial charge in [0.15, 0.2) is 23.0 Å². The van der Waals surface area contributed by atoms with Crippen LogP contribution in [0.3, 0.4) is 0 Å². The highest BCUT2D eigenvalue weighted by atomic mass is 35.5. The van der Waals surface area contributed by atoms with E-state index in [1.807, 2.05) is 0 Å². The van der Waals surface area contributed by atoms with Gasteiger partial charge >= 0.3 is 11.9 Å². The Hall–Kier alpha value is -4.25. The SMILES string of the molecule is [2H]C([2H])([2H])Oc1cc2nc[nH]c(=O)c2cc1OC(C)=O.[2H]C([2H])([2H])Oc1cc2ncnc(Cl)c2cc1OC(C)=O. The molecule has 12 heteroatoms. The highest BCUT2D eigenvalue weighted by Crippen LogP contribution is 2.34. The molecule has 11 nitrogen and oxygen atoms in total. The normalized spacial score (nSPS) is 13.6. The molecule has 4 rings (SSSR count). The van der Waals surface area contributed by atoms with Crippen molar-refractivity contribution in [3.05, 3.63) is 52.4 Å². The summed E-state index contributed by atoms with van der Waals surface area (Å²) in [5.74, 6) is -1.81. The van der Waals surface area contributed by atoms with Gasteiger partial charge in [0.2, 0.25) is 0 Å². The number of nitrogens with zero attached hydrogens (tertiary/aromatic N) is 3. The van der Waals surface area contributed by atoms with Gasteiger partial charge in [-0.2, -0.15) is 0 Å². The predicted octanol–water partition coefficient (Wildman–Crippen LogP) is 3.07. The second-order valence-corrected chi connectivity index (χ2v) is 6.78. The van der Waals surface area contributed by atoms with Crippen LogP contribution < -0.4 is 24.5 Å². The van der Waals surface area contributed by atoms with Crippen LogP contribution in [0.25, 0.3) is 21.8 Å².